The van der Waals surface area contributed by atoms with E-state index in [-0.39, 0.29) is 10.9 Å². The molecule has 0 fully saturated rings. The molecule has 0 saturated carbocycles. The van der Waals surface area contributed by atoms with Crippen molar-refractivity contribution in [3.63, 3.8) is 0 Å². The van der Waals surface area contributed by atoms with Gasteiger partial charge >= 0.3 is 8.99 Å². The van der Waals surface area contributed by atoms with E-state index < -0.39 is 8.99 Å². The zero-order chi connectivity index (χ0) is 14.0. The van der Waals surface area contributed by atoms with Gasteiger partial charge in [0.15, 0.2) is 0 Å². The topological polar surface area (TPSA) is 22.1 Å². The molecule has 5 heteroatoms. The Kier molecular flexibility index (Phi) is 3.19. The molecule has 3 rings (SSSR count). The van der Waals surface area contributed by atoms with Crippen LogP contribution in [0, 0.1) is 0 Å². The van der Waals surface area contributed by atoms with E-state index in [0.29, 0.717) is 5.52 Å². The van der Waals surface area contributed by atoms with Crippen molar-refractivity contribution in [1.29, 1.82) is 0 Å². The fraction of sp³-hybridized carbons (Fsp3) is 0. The summed E-state index contributed by atoms with van der Waals surface area (Å²) in [5.41, 5.74) is 0.457. The third kappa shape index (κ3) is 2.40. The van der Waals surface area contributed by atoms with E-state index in [9.17, 15) is 8.22 Å². The molecule has 0 unspecified atom stereocenters. The number of benzene rings is 2. The minimum absolute atomic E-state index is 0.0482. The van der Waals surface area contributed by atoms with Gasteiger partial charge in [0.2, 0.25) is 0 Å². The van der Waals surface area contributed by atoms with Gasteiger partial charge in [-0.15, -0.1) is 0 Å². The third-order valence-electron chi connectivity index (χ3n) is 2.94. The molecule has 2 aromatic carbocycles. The molecule has 0 amide bonds. The van der Waals surface area contributed by atoms with Crippen LogP contribution in [-0.4, -0.2) is 14.0 Å². The zero-order valence-electron chi connectivity index (χ0n) is 10.5. The van der Waals surface area contributed by atoms with E-state index in [1.54, 1.807) is 36.5 Å². The molecule has 0 N–H and O–H groups in total. The fourth-order valence-electron chi connectivity index (χ4n) is 1.99. The van der Waals surface area contributed by atoms with Crippen molar-refractivity contribution in [2.45, 2.75) is 0 Å². The number of rotatable bonds is 3. The Morgan fingerprint density at radius 3 is 2.40 bits per heavy atom. The maximum absolute atomic E-state index is 14.3. The molecule has 3 aromatic rings. The summed E-state index contributed by atoms with van der Waals surface area (Å²) in [4.78, 5) is 4.12. The highest BCUT2D eigenvalue weighted by atomic mass is 28.4. The average molecular weight is 287 g/mol. The Balaban J connectivity index is 2.01. The van der Waals surface area contributed by atoms with Crippen molar-refractivity contribution in [1.82, 2.24) is 4.98 Å². The second-order valence-electron chi connectivity index (χ2n) is 4.32. The molecule has 100 valence electrons. The van der Waals surface area contributed by atoms with Crippen LogP contribution in [0.5, 0.6) is 5.75 Å². The number of fused-ring (bicyclic) bond motifs is 1. The molecule has 1 aromatic heterocycles. The Labute approximate surface area is 116 Å². The minimum atomic E-state index is -4.98. The van der Waals surface area contributed by atoms with E-state index in [4.69, 9.17) is 4.43 Å². The van der Waals surface area contributed by atoms with Crippen molar-refractivity contribution in [3.05, 3.63) is 66.9 Å². The lowest BCUT2D eigenvalue weighted by Gasteiger charge is -2.16. The second kappa shape index (κ2) is 5.01. The van der Waals surface area contributed by atoms with Gasteiger partial charge in [0.05, 0.1) is 0 Å². The SMILES string of the molecule is F[Si](F)(Oc1cccc2cccnc12)c1ccccc1. The van der Waals surface area contributed by atoms with E-state index in [2.05, 4.69) is 4.98 Å². The Morgan fingerprint density at radius 2 is 1.60 bits per heavy atom. The van der Waals surface area contributed by atoms with Crippen LogP contribution in [0.15, 0.2) is 66.9 Å². The van der Waals surface area contributed by atoms with Crippen LogP contribution in [0.1, 0.15) is 0 Å². The summed E-state index contributed by atoms with van der Waals surface area (Å²) in [7, 11) is -4.98. The van der Waals surface area contributed by atoms with Crippen LogP contribution in [0.25, 0.3) is 10.9 Å². The van der Waals surface area contributed by atoms with Crippen LogP contribution in [0.3, 0.4) is 0 Å². The molecule has 0 aliphatic heterocycles. The number of aromatic nitrogens is 1. The molecule has 0 atom stereocenters. The summed E-state index contributed by atoms with van der Waals surface area (Å²) in [5, 5.41) is 0.732. The summed E-state index contributed by atoms with van der Waals surface area (Å²) in [5.74, 6) is 0.128. The van der Waals surface area contributed by atoms with Crippen molar-refractivity contribution >= 4 is 25.1 Å². The first-order valence-corrected chi connectivity index (χ1v) is 7.79. The molecule has 0 saturated heterocycles. The number of para-hydroxylation sites is 1. The lowest BCUT2D eigenvalue weighted by molar-refractivity contribution is 0.400. The quantitative estimate of drug-likeness (QED) is 0.544. The lowest BCUT2D eigenvalue weighted by Crippen LogP contribution is -2.45. The highest BCUT2D eigenvalue weighted by molar-refractivity contribution is 6.74. The van der Waals surface area contributed by atoms with Crippen molar-refractivity contribution in [3.8, 4) is 5.75 Å². The molecule has 0 bridgehead atoms. The van der Waals surface area contributed by atoms with Crippen LogP contribution in [-0.2, 0) is 0 Å². The standard InChI is InChI=1S/C15H11F2NOSi/c16-20(17,13-8-2-1-3-9-13)19-14-10-4-6-12-7-5-11-18-15(12)14/h1-11H. The highest BCUT2D eigenvalue weighted by Crippen LogP contribution is 2.26. The predicted molar refractivity (Wildman–Crippen MR) is 76.4 cm³/mol. The Bertz CT molecular complexity index is 729. The Morgan fingerprint density at radius 1 is 0.850 bits per heavy atom. The number of nitrogens with zero attached hydrogens (tertiary/aromatic N) is 1. The predicted octanol–water partition coefficient (Wildman–Crippen LogP) is 3.40. The van der Waals surface area contributed by atoms with Gasteiger partial charge in [-0.2, -0.15) is 0 Å². The van der Waals surface area contributed by atoms with Gasteiger partial charge in [0, 0.05) is 16.8 Å². The summed E-state index contributed by atoms with van der Waals surface area (Å²) < 4.78 is 33.6. The first-order valence-electron chi connectivity index (χ1n) is 6.13. The van der Waals surface area contributed by atoms with Crippen LogP contribution in [0.4, 0.5) is 8.22 Å². The van der Waals surface area contributed by atoms with Gasteiger partial charge in [-0.3, -0.25) is 4.98 Å². The van der Waals surface area contributed by atoms with E-state index in [1.807, 2.05) is 12.1 Å². The molecular weight excluding hydrogens is 276 g/mol. The van der Waals surface area contributed by atoms with Gasteiger partial charge in [-0.25, -0.2) is 8.22 Å². The van der Waals surface area contributed by atoms with Crippen LogP contribution in [0.2, 0.25) is 0 Å². The minimum Gasteiger partial charge on any atom is -0.490 e. The molecule has 0 aliphatic carbocycles. The summed E-state index contributed by atoms with van der Waals surface area (Å²) in [6.07, 6.45) is 1.57. The third-order valence-corrected chi connectivity index (χ3v) is 4.43. The fourth-order valence-corrected chi connectivity index (χ4v) is 3.13. The van der Waals surface area contributed by atoms with Gasteiger partial charge in [0.25, 0.3) is 0 Å². The van der Waals surface area contributed by atoms with E-state index in [0.717, 1.165) is 5.39 Å². The summed E-state index contributed by atoms with van der Waals surface area (Å²) in [6, 6.07) is 16.3. The second-order valence-corrected chi connectivity index (χ2v) is 6.13. The smallest absolute Gasteiger partial charge is 0.490 e. The number of halogens is 2. The largest absolute Gasteiger partial charge is 0.681 e. The monoisotopic (exact) mass is 287 g/mol. The van der Waals surface area contributed by atoms with Crippen molar-refractivity contribution < 1.29 is 12.6 Å². The number of pyridine rings is 1. The normalized spacial score (nSPS) is 11.5. The molecule has 20 heavy (non-hydrogen) atoms. The first kappa shape index (κ1) is 12.7. The highest BCUT2D eigenvalue weighted by Gasteiger charge is 2.44. The molecule has 2 nitrogen and oxygen atoms in total. The van der Waals surface area contributed by atoms with Crippen molar-refractivity contribution in [2.24, 2.45) is 0 Å². The summed E-state index contributed by atoms with van der Waals surface area (Å²) >= 11 is 0. The number of hydrogen-bond donors (Lipinski definition) is 0. The van der Waals surface area contributed by atoms with Crippen LogP contribution < -0.4 is 9.61 Å². The maximum Gasteiger partial charge on any atom is 0.681 e. The molecule has 0 aliphatic rings. The van der Waals surface area contributed by atoms with Gasteiger partial charge in [0.1, 0.15) is 11.3 Å². The molecule has 0 spiro atoms. The zero-order valence-corrected chi connectivity index (χ0v) is 11.5. The molecular formula is C15H11F2NOSi. The summed E-state index contributed by atoms with van der Waals surface area (Å²) in [6.45, 7) is 0. The van der Waals surface area contributed by atoms with E-state index >= 15 is 0 Å². The molecule has 0 radical (unpaired) electrons. The lowest BCUT2D eigenvalue weighted by atomic mass is 10.2. The number of hydrogen-bond acceptors (Lipinski definition) is 2. The molecule has 1 heterocycles. The van der Waals surface area contributed by atoms with Crippen LogP contribution >= 0.6 is 0 Å². The maximum atomic E-state index is 14.3. The van der Waals surface area contributed by atoms with Gasteiger partial charge in [-0.1, -0.05) is 48.5 Å². The van der Waals surface area contributed by atoms with Gasteiger partial charge < -0.3 is 4.43 Å². The average Bonchev–Trinajstić information content (AvgIpc) is 2.48. The Hall–Kier alpha value is -2.27. The van der Waals surface area contributed by atoms with Gasteiger partial charge in [-0.05, 0) is 12.1 Å². The van der Waals surface area contributed by atoms with Crippen molar-refractivity contribution in [2.75, 3.05) is 0 Å². The van der Waals surface area contributed by atoms with E-state index in [1.165, 1.54) is 18.2 Å². The first-order chi connectivity index (χ1) is 9.67.